The first-order valence-electron chi connectivity index (χ1n) is 10.3. The van der Waals surface area contributed by atoms with Gasteiger partial charge in [-0.3, -0.25) is 4.79 Å². The number of benzene rings is 2. The molecule has 152 valence electrons. The lowest BCUT2D eigenvalue weighted by Crippen LogP contribution is -2.14. The zero-order chi connectivity index (χ0) is 20.4. The highest BCUT2D eigenvalue weighted by atomic mass is 19.1. The number of primary amides is 1. The van der Waals surface area contributed by atoms with Gasteiger partial charge in [0.1, 0.15) is 17.4 Å². The number of hydrogen-bond acceptors (Lipinski definition) is 3. The number of carbonyl (C=O) groups is 1. The van der Waals surface area contributed by atoms with Crippen LogP contribution in [-0.4, -0.2) is 20.6 Å². The summed E-state index contributed by atoms with van der Waals surface area (Å²) in [5.74, 6) is 0.204. The Labute approximate surface area is 169 Å². The number of nitrogens with two attached hydrogens (primary N) is 1. The molecule has 1 fully saturated rings. The van der Waals surface area contributed by atoms with Crippen LogP contribution in [0.5, 0.6) is 5.75 Å². The number of aromatic hydroxyl groups is 1. The summed E-state index contributed by atoms with van der Waals surface area (Å²) in [6, 6.07) is 9.58. The molecule has 4 rings (SSSR count). The topological polar surface area (TPSA) is 81.1 Å². The molecule has 0 radical (unpaired) electrons. The number of rotatable bonds is 5. The van der Waals surface area contributed by atoms with Gasteiger partial charge in [0, 0.05) is 24.1 Å². The summed E-state index contributed by atoms with van der Waals surface area (Å²) in [6.45, 7) is 0.803. The number of amides is 1. The Morgan fingerprint density at radius 2 is 1.93 bits per heavy atom. The molecular weight excluding hydrogens is 369 g/mol. The van der Waals surface area contributed by atoms with Crippen LogP contribution >= 0.6 is 0 Å². The van der Waals surface area contributed by atoms with Gasteiger partial charge in [0.05, 0.1) is 11.0 Å². The fourth-order valence-electron chi connectivity index (χ4n) is 4.36. The Morgan fingerprint density at radius 3 is 2.62 bits per heavy atom. The molecule has 1 aliphatic rings. The van der Waals surface area contributed by atoms with E-state index in [1.165, 1.54) is 56.7 Å². The van der Waals surface area contributed by atoms with Crippen molar-refractivity contribution in [3.05, 3.63) is 59.2 Å². The number of imidazole rings is 1. The number of phenols is 1. The van der Waals surface area contributed by atoms with Gasteiger partial charge in [-0.2, -0.15) is 0 Å². The second kappa shape index (κ2) is 8.23. The third-order valence-electron chi connectivity index (χ3n) is 5.96. The number of aromatic nitrogens is 2. The van der Waals surface area contributed by atoms with Crippen LogP contribution in [0.15, 0.2) is 36.4 Å². The maximum Gasteiger partial charge on any atom is 0.248 e. The van der Waals surface area contributed by atoms with Gasteiger partial charge >= 0.3 is 0 Å². The van der Waals surface area contributed by atoms with E-state index in [2.05, 4.69) is 4.57 Å². The van der Waals surface area contributed by atoms with Crippen LogP contribution in [0, 0.1) is 11.7 Å². The van der Waals surface area contributed by atoms with Crippen molar-refractivity contribution in [1.82, 2.24) is 9.55 Å². The zero-order valence-electron chi connectivity index (χ0n) is 16.4. The molecule has 2 aromatic carbocycles. The van der Waals surface area contributed by atoms with Crippen LogP contribution in [0.3, 0.4) is 0 Å². The first-order chi connectivity index (χ1) is 14.0. The summed E-state index contributed by atoms with van der Waals surface area (Å²) in [7, 11) is 0. The number of phenolic OH excluding ortho intramolecular Hbond substituents is 1. The van der Waals surface area contributed by atoms with Gasteiger partial charge in [0.2, 0.25) is 5.91 Å². The average Bonchev–Trinajstić information content (AvgIpc) is 2.85. The Bertz CT molecular complexity index is 1020. The summed E-state index contributed by atoms with van der Waals surface area (Å²) in [5, 5.41) is 10.2. The van der Waals surface area contributed by atoms with Crippen molar-refractivity contribution in [1.29, 1.82) is 0 Å². The predicted molar refractivity (Wildman–Crippen MR) is 110 cm³/mol. The summed E-state index contributed by atoms with van der Waals surface area (Å²) in [4.78, 5) is 16.3. The monoisotopic (exact) mass is 395 g/mol. The molecule has 1 amide bonds. The predicted octanol–water partition coefficient (Wildman–Crippen LogP) is 4.54. The van der Waals surface area contributed by atoms with Gasteiger partial charge in [-0.25, -0.2) is 9.37 Å². The standard InChI is InChI=1S/C23H26FN3O2/c24-18-8-5-9-21(28)17(18)13-22-26-19-12-16(23(25)29)10-11-20(19)27(22)14-15-6-3-1-2-4-7-15/h5,8-12,15,28H,1-4,6-7,13-14H2,(H2,25,29). The first kappa shape index (κ1) is 19.4. The Balaban J connectivity index is 1.77. The quantitative estimate of drug-likeness (QED) is 0.622. The van der Waals surface area contributed by atoms with Gasteiger partial charge in [0.25, 0.3) is 0 Å². The third kappa shape index (κ3) is 4.11. The van der Waals surface area contributed by atoms with Gasteiger partial charge in [-0.05, 0) is 49.1 Å². The van der Waals surface area contributed by atoms with Gasteiger partial charge in [-0.1, -0.05) is 31.7 Å². The van der Waals surface area contributed by atoms with Crippen molar-refractivity contribution in [2.75, 3.05) is 0 Å². The molecular formula is C23H26FN3O2. The SMILES string of the molecule is NC(=O)c1ccc2c(c1)nc(Cc1c(O)cccc1F)n2CC1CCCCCC1. The van der Waals surface area contributed by atoms with Crippen molar-refractivity contribution in [3.8, 4) is 5.75 Å². The van der Waals surface area contributed by atoms with E-state index < -0.39 is 11.7 Å². The van der Waals surface area contributed by atoms with Crippen LogP contribution in [0.4, 0.5) is 4.39 Å². The average molecular weight is 395 g/mol. The number of carbonyl (C=O) groups excluding carboxylic acids is 1. The second-order valence-corrected chi connectivity index (χ2v) is 7.98. The van der Waals surface area contributed by atoms with Gasteiger partial charge < -0.3 is 15.4 Å². The smallest absolute Gasteiger partial charge is 0.248 e. The fraction of sp³-hybridized carbons (Fsp3) is 0.391. The molecule has 6 heteroatoms. The first-order valence-corrected chi connectivity index (χ1v) is 10.3. The molecule has 3 N–H and O–H groups in total. The van der Waals surface area contributed by atoms with E-state index in [1.54, 1.807) is 12.1 Å². The summed E-state index contributed by atoms with van der Waals surface area (Å²) in [5.41, 5.74) is 7.63. The lowest BCUT2D eigenvalue weighted by Gasteiger charge is -2.18. The van der Waals surface area contributed by atoms with E-state index in [9.17, 15) is 14.3 Å². The van der Waals surface area contributed by atoms with E-state index in [0.717, 1.165) is 12.1 Å². The lowest BCUT2D eigenvalue weighted by atomic mass is 10.00. The maximum absolute atomic E-state index is 14.3. The third-order valence-corrected chi connectivity index (χ3v) is 5.96. The molecule has 0 spiro atoms. The van der Waals surface area contributed by atoms with Gasteiger partial charge in [-0.15, -0.1) is 0 Å². The number of hydrogen-bond donors (Lipinski definition) is 2. The van der Waals surface area contributed by atoms with Crippen LogP contribution in [0.1, 0.15) is 60.3 Å². The van der Waals surface area contributed by atoms with Crippen molar-refractivity contribution >= 4 is 16.9 Å². The molecule has 1 aromatic heterocycles. The fourth-order valence-corrected chi connectivity index (χ4v) is 4.36. The summed E-state index contributed by atoms with van der Waals surface area (Å²) < 4.78 is 16.5. The minimum Gasteiger partial charge on any atom is -0.508 e. The van der Waals surface area contributed by atoms with E-state index in [0.29, 0.717) is 22.8 Å². The number of fused-ring (bicyclic) bond motifs is 1. The van der Waals surface area contributed by atoms with Crippen molar-refractivity contribution in [2.24, 2.45) is 11.7 Å². The van der Waals surface area contributed by atoms with Crippen LogP contribution in [0.2, 0.25) is 0 Å². The Morgan fingerprint density at radius 1 is 1.17 bits per heavy atom. The molecule has 3 aromatic rings. The van der Waals surface area contributed by atoms with Crippen molar-refractivity contribution < 1.29 is 14.3 Å². The summed E-state index contributed by atoms with van der Waals surface area (Å²) >= 11 is 0. The highest BCUT2D eigenvalue weighted by molar-refractivity contribution is 5.96. The van der Waals surface area contributed by atoms with Crippen LogP contribution in [0.25, 0.3) is 11.0 Å². The second-order valence-electron chi connectivity index (χ2n) is 7.98. The molecule has 1 aliphatic carbocycles. The molecule has 0 bridgehead atoms. The van der Waals surface area contributed by atoms with E-state index in [4.69, 9.17) is 10.7 Å². The largest absolute Gasteiger partial charge is 0.508 e. The number of nitrogens with zero attached hydrogens (tertiary/aromatic N) is 2. The molecule has 0 atom stereocenters. The zero-order valence-corrected chi connectivity index (χ0v) is 16.4. The minimum absolute atomic E-state index is 0.0732. The Hall–Kier alpha value is -2.89. The van der Waals surface area contributed by atoms with Crippen molar-refractivity contribution in [2.45, 2.75) is 51.5 Å². The normalized spacial score (nSPS) is 15.5. The van der Waals surface area contributed by atoms with Crippen LogP contribution in [-0.2, 0) is 13.0 Å². The molecule has 0 unspecified atom stereocenters. The van der Waals surface area contributed by atoms with E-state index >= 15 is 0 Å². The lowest BCUT2D eigenvalue weighted by molar-refractivity contribution is 0.100. The van der Waals surface area contributed by atoms with E-state index in [-0.39, 0.29) is 17.7 Å². The Kier molecular flexibility index (Phi) is 5.51. The van der Waals surface area contributed by atoms with Gasteiger partial charge in [0.15, 0.2) is 0 Å². The molecule has 1 saturated carbocycles. The maximum atomic E-state index is 14.3. The molecule has 0 saturated heterocycles. The molecule has 5 nitrogen and oxygen atoms in total. The number of halogens is 1. The molecule has 1 heterocycles. The van der Waals surface area contributed by atoms with Crippen LogP contribution < -0.4 is 5.73 Å². The summed E-state index contributed by atoms with van der Waals surface area (Å²) in [6.07, 6.45) is 7.54. The molecule has 0 aliphatic heterocycles. The van der Waals surface area contributed by atoms with Crippen molar-refractivity contribution in [3.63, 3.8) is 0 Å². The molecule has 29 heavy (non-hydrogen) atoms. The highest BCUT2D eigenvalue weighted by Crippen LogP contribution is 2.29. The minimum atomic E-state index is -0.501. The van der Waals surface area contributed by atoms with E-state index in [1.807, 2.05) is 6.07 Å². The highest BCUT2D eigenvalue weighted by Gasteiger charge is 2.20.